The molecule has 7 heteroatoms. The van der Waals surface area contributed by atoms with Crippen LogP contribution >= 0.6 is 11.3 Å². The number of pyridine rings is 1. The molecular weight excluding hydrogens is 312 g/mol. The third-order valence-corrected chi connectivity index (χ3v) is 4.18. The van der Waals surface area contributed by atoms with Gasteiger partial charge in [-0.1, -0.05) is 0 Å². The van der Waals surface area contributed by atoms with E-state index in [1.807, 2.05) is 31.4 Å². The molecule has 2 aromatic heterocycles. The lowest BCUT2D eigenvalue weighted by Crippen LogP contribution is -2.41. The van der Waals surface area contributed by atoms with Crippen LogP contribution in [0.25, 0.3) is 10.6 Å². The molecule has 0 fully saturated rings. The van der Waals surface area contributed by atoms with Crippen molar-refractivity contribution in [2.45, 2.75) is 20.3 Å². The molecule has 1 N–H and O–H groups in total. The molecule has 0 saturated carbocycles. The minimum Gasteiger partial charge on any atom is -0.355 e. The summed E-state index contributed by atoms with van der Waals surface area (Å²) in [4.78, 5) is 34.0. The summed E-state index contributed by atoms with van der Waals surface area (Å²) < 4.78 is 0. The van der Waals surface area contributed by atoms with Crippen molar-refractivity contribution in [3.63, 3.8) is 0 Å². The smallest absolute Gasteiger partial charge is 0.239 e. The molecule has 2 heterocycles. The summed E-state index contributed by atoms with van der Waals surface area (Å²) in [5, 5.41) is 5.42. The van der Waals surface area contributed by atoms with Crippen LogP contribution in [0.5, 0.6) is 0 Å². The Hall–Kier alpha value is -2.28. The van der Waals surface area contributed by atoms with Crippen LogP contribution in [-0.4, -0.2) is 46.3 Å². The first-order valence-electron chi connectivity index (χ1n) is 7.53. The van der Waals surface area contributed by atoms with E-state index < -0.39 is 0 Å². The maximum atomic E-state index is 12.3. The quantitative estimate of drug-likeness (QED) is 0.838. The molecule has 0 aliphatic rings. The van der Waals surface area contributed by atoms with Crippen LogP contribution in [0.4, 0.5) is 0 Å². The lowest BCUT2D eigenvalue weighted by atomic mass is 10.2. The number of nitrogens with one attached hydrogen (secondary N) is 1. The second-order valence-corrected chi connectivity index (χ2v) is 5.78. The van der Waals surface area contributed by atoms with E-state index in [1.165, 1.54) is 16.2 Å². The molecule has 0 aliphatic heterocycles. The van der Waals surface area contributed by atoms with E-state index in [-0.39, 0.29) is 24.8 Å². The molecule has 2 amide bonds. The van der Waals surface area contributed by atoms with Gasteiger partial charge in [-0.25, -0.2) is 4.98 Å². The number of carbonyl (C=O) groups is 2. The van der Waals surface area contributed by atoms with E-state index in [2.05, 4.69) is 15.3 Å². The number of nitrogens with zero attached hydrogens (tertiary/aromatic N) is 3. The van der Waals surface area contributed by atoms with Gasteiger partial charge < -0.3 is 10.2 Å². The Labute approximate surface area is 139 Å². The SMILES string of the molecule is CCNC(=O)CN(CC)C(=O)Cc1csc(-c2cccnc2)n1. The fourth-order valence-corrected chi connectivity index (χ4v) is 2.89. The molecule has 0 bridgehead atoms. The molecule has 0 spiro atoms. The number of amides is 2. The van der Waals surface area contributed by atoms with Crippen molar-refractivity contribution in [1.82, 2.24) is 20.2 Å². The van der Waals surface area contributed by atoms with Crippen LogP contribution < -0.4 is 5.32 Å². The average molecular weight is 332 g/mol. The van der Waals surface area contributed by atoms with E-state index in [4.69, 9.17) is 0 Å². The molecule has 2 rings (SSSR count). The number of aromatic nitrogens is 2. The molecule has 6 nitrogen and oxygen atoms in total. The van der Waals surface area contributed by atoms with Crippen LogP contribution in [-0.2, 0) is 16.0 Å². The van der Waals surface area contributed by atoms with Crippen LogP contribution in [0.1, 0.15) is 19.5 Å². The molecule has 0 aliphatic carbocycles. The van der Waals surface area contributed by atoms with Gasteiger partial charge in [0.25, 0.3) is 0 Å². The van der Waals surface area contributed by atoms with Gasteiger partial charge in [0.15, 0.2) is 0 Å². The van der Waals surface area contributed by atoms with Crippen molar-refractivity contribution in [1.29, 1.82) is 0 Å². The van der Waals surface area contributed by atoms with Gasteiger partial charge in [0.1, 0.15) is 5.01 Å². The Kier molecular flexibility index (Phi) is 6.22. The molecular formula is C16H20N4O2S. The molecule has 0 saturated heterocycles. The minimum absolute atomic E-state index is 0.0861. The highest BCUT2D eigenvalue weighted by Gasteiger charge is 2.17. The topological polar surface area (TPSA) is 75.2 Å². The maximum Gasteiger partial charge on any atom is 0.239 e. The zero-order chi connectivity index (χ0) is 16.7. The zero-order valence-corrected chi connectivity index (χ0v) is 14.1. The fourth-order valence-electron chi connectivity index (χ4n) is 2.08. The standard InChI is InChI=1S/C16H20N4O2S/c1-3-18-14(21)10-20(4-2)15(22)8-13-11-23-16(19-13)12-6-5-7-17-9-12/h5-7,9,11H,3-4,8,10H2,1-2H3,(H,18,21). The van der Waals surface area contributed by atoms with Crippen molar-refractivity contribution in [2.24, 2.45) is 0 Å². The van der Waals surface area contributed by atoms with Crippen molar-refractivity contribution < 1.29 is 9.59 Å². The van der Waals surface area contributed by atoms with E-state index in [1.54, 1.807) is 12.4 Å². The van der Waals surface area contributed by atoms with Gasteiger partial charge in [-0.05, 0) is 26.0 Å². The van der Waals surface area contributed by atoms with Crippen LogP contribution in [0, 0.1) is 0 Å². The number of hydrogen-bond donors (Lipinski definition) is 1. The second kappa shape index (κ2) is 8.38. The van der Waals surface area contributed by atoms with Gasteiger partial charge in [-0.3, -0.25) is 14.6 Å². The van der Waals surface area contributed by atoms with E-state index >= 15 is 0 Å². The van der Waals surface area contributed by atoms with E-state index in [0.29, 0.717) is 18.8 Å². The van der Waals surface area contributed by atoms with Gasteiger partial charge in [0, 0.05) is 36.4 Å². The zero-order valence-electron chi connectivity index (χ0n) is 13.3. The number of rotatable bonds is 7. The second-order valence-electron chi connectivity index (χ2n) is 4.92. The van der Waals surface area contributed by atoms with Crippen molar-refractivity contribution in [3.8, 4) is 10.6 Å². The first-order valence-corrected chi connectivity index (χ1v) is 8.41. The summed E-state index contributed by atoms with van der Waals surface area (Å²) in [6.07, 6.45) is 3.66. The van der Waals surface area contributed by atoms with Crippen LogP contribution in [0.15, 0.2) is 29.9 Å². The summed E-state index contributed by atoms with van der Waals surface area (Å²) in [6, 6.07) is 3.79. The molecule has 23 heavy (non-hydrogen) atoms. The normalized spacial score (nSPS) is 10.3. The highest BCUT2D eigenvalue weighted by Crippen LogP contribution is 2.22. The monoisotopic (exact) mass is 332 g/mol. The van der Waals surface area contributed by atoms with Gasteiger partial charge in [0.2, 0.25) is 11.8 Å². The highest BCUT2D eigenvalue weighted by atomic mass is 32.1. The lowest BCUT2D eigenvalue weighted by molar-refractivity contribution is -0.135. The predicted octanol–water partition coefficient (Wildman–Crippen LogP) is 1.73. The summed E-state index contributed by atoms with van der Waals surface area (Å²) >= 11 is 1.48. The van der Waals surface area contributed by atoms with Gasteiger partial charge in [-0.2, -0.15) is 0 Å². The molecule has 0 unspecified atom stereocenters. The Morgan fingerprint density at radius 1 is 1.35 bits per heavy atom. The molecule has 2 aromatic rings. The molecule has 122 valence electrons. The fraction of sp³-hybridized carbons (Fsp3) is 0.375. The third kappa shape index (κ3) is 4.85. The minimum atomic E-state index is -0.142. The largest absolute Gasteiger partial charge is 0.355 e. The Balaban J connectivity index is 1.99. The summed E-state index contributed by atoms with van der Waals surface area (Å²) in [7, 11) is 0. The van der Waals surface area contributed by atoms with Crippen molar-refractivity contribution >= 4 is 23.2 Å². The lowest BCUT2D eigenvalue weighted by Gasteiger charge is -2.19. The molecule has 0 atom stereocenters. The van der Waals surface area contributed by atoms with Gasteiger partial charge in [0.05, 0.1) is 18.7 Å². The first kappa shape index (κ1) is 17.1. The Morgan fingerprint density at radius 3 is 2.83 bits per heavy atom. The number of thiazole rings is 1. The number of carbonyl (C=O) groups excluding carboxylic acids is 2. The highest BCUT2D eigenvalue weighted by molar-refractivity contribution is 7.13. The van der Waals surface area contributed by atoms with Crippen molar-refractivity contribution in [3.05, 3.63) is 35.6 Å². The molecule has 0 radical (unpaired) electrons. The van der Waals surface area contributed by atoms with Gasteiger partial charge in [-0.15, -0.1) is 11.3 Å². The Bertz CT molecular complexity index is 657. The molecule has 0 aromatic carbocycles. The van der Waals surface area contributed by atoms with Crippen LogP contribution in [0.3, 0.4) is 0 Å². The summed E-state index contributed by atoms with van der Waals surface area (Å²) in [6.45, 7) is 4.86. The van der Waals surface area contributed by atoms with Gasteiger partial charge >= 0.3 is 0 Å². The van der Waals surface area contributed by atoms with E-state index in [9.17, 15) is 9.59 Å². The van der Waals surface area contributed by atoms with Crippen LogP contribution in [0.2, 0.25) is 0 Å². The summed E-state index contributed by atoms with van der Waals surface area (Å²) in [5.74, 6) is -0.237. The first-order chi connectivity index (χ1) is 11.1. The Morgan fingerprint density at radius 2 is 2.17 bits per heavy atom. The number of hydrogen-bond acceptors (Lipinski definition) is 5. The van der Waals surface area contributed by atoms with Crippen molar-refractivity contribution in [2.75, 3.05) is 19.6 Å². The third-order valence-electron chi connectivity index (χ3n) is 3.24. The summed E-state index contributed by atoms with van der Waals surface area (Å²) in [5.41, 5.74) is 1.65. The average Bonchev–Trinajstić information content (AvgIpc) is 3.02. The predicted molar refractivity (Wildman–Crippen MR) is 90.0 cm³/mol. The number of likely N-dealkylation sites (N-methyl/N-ethyl adjacent to an activating group) is 2. The maximum absolute atomic E-state index is 12.3. The van der Waals surface area contributed by atoms with E-state index in [0.717, 1.165) is 10.6 Å².